The maximum Gasteiger partial charge on any atom is 0.192 e. The second-order valence-corrected chi connectivity index (χ2v) is 10.3. The van der Waals surface area contributed by atoms with E-state index in [1.54, 1.807) is 7.11 Å². The average Bonchev–Trinajstić information content (AvgIpc) is 2.45. The van der Waals surface area contributed by atoms with E-state index < -0.39 is 8.32 Å². The van der Waals surface area contributed by atoms with Crippen LogP contribution in [0.4, 0.5) is 0 Å². The lowest BCUT2D eigenvalue weighted by molar-refractivity contribution is -0.111. The summed E-state index contributed by atoms with van der Waals surface area (Å²) in [5.74, 6) is 0. The highest BCUT2D eigenvalue weighted by atomic mass is 28.4. The zero-order chi connectivity index (χ0) is 15.5. The van der Waals surface area contributed by atoms with Crippen LogP contribution in [0.5, 0.6) is 0 Å². The van der Waals surface area contributed by atoms with E-state index in [2.05, 4.69) is 27.7 Å². The fraction of sp³-hybridized carbons (Fsp3) is 0.933. The second kappa shape index (κ2) is 10.5. The molecule has 0 aliphatic carbocycles. The summed E-state index contributed by atoms with van der Waals surface area (Å²) in [4.78, 5) is 11.0. The maximum absolute atomic E-state index is 11.0. The van der Waals surface area contributed by atoms with Crippen LogP contribution in [0.1, 0.15) is 47.0 Å². The van der Waals surface area contributed by atoms with Crippen molar-refractivity contribution in [3.8, 4) is 0 Å². The number of methoxy groups -OCH3 is 1. The van der Waals surface area contributed by atoms with Crippen LogP contribution in [0.2, 0.25) is 18.1 Å². The van der Waals surface area contributed by atoms with E-state index in [1.807, 2.05) is 0 Å². The van der Waals surface area contributed by atoms with E-state index in [9.17, 15) is 4.79 Å². The Bertz CT molecular complexity index is 248. The molecule has 0 fully saturated rings. The molecule has 0 aromatic rings. The molecular formula is C15H32O4Si. The van der Waals surface area contributed by atoms with Gasteiger partial charge in [-0.25, -0.2) is 0 Å². The molecule has 0 unspecified atom stereocenters. The van der Waals surface area contributed by atoms with Crippen LogP contribution in [0.25, 0.3) is 0 Å². The minimum absolute atomic E-state index is 0.322. The molecule has 0 bridgehead atoms. The highest BCUT2D eigenvalue weighted by molar-refractivity contribution is 6.73. The third kappa shape index (κ3) is 6.97. The number of hydrogen-bond acceptors (Lipinski definition) is 4. The average molecular weight is 305 g/mol. The first kappa shape index (κ1) is 19.8. The van der Waals surface area contributed by atoms with E-state index >= 15 is 0 Å². The summed E-state index contributed by atoms with van der Waals surface area (Å²) in [6.45, 7) is 9.67. The number of ether oxygens (including phenoxy) is 2. The molecule has 1 atom stereocenters. The first-order valence-corrected chi connectivity index (χ1v) is 10.2. The molecule has 0 aromatic heterocycles. The number of aldehydes is 1. The predicted molar refractivity (Wildman–Crippen MR) is 84.4 cm³/mol. The first-order chi connectivity index (χ1) is 9.51. The Kier molecular flexibility index (Phi) is 10.4. The predicted octanol–water partition coefficient (Wildman–Crippen LogP) is 3.76. The van der Waals surface area contributed by atoms with E-state index in [0.717, 1.165) is 37.3 Å². The van der Waals surface area contributed by atoms with Gasteiger partial charge in [-0.3, -0.25) is 0 Å². The fourth-order valence-electron chi connectivity index (χ4n) is 2.55. The monoisotopic (exact) mass is 304 g/mol. The molecule has 20 heavy (non-hydrogen) atoms. The molecule has 0 spiro atoms. The summed E-state index contributed by atoms with van der Waals surface area (Å²) in [5.41, 5.74) is -0.341. The van der Waals surface area contributed by atoms with Crippen LogP contribution in [0.15, 0.2) is 0 Å². The van der Waals surface area contributed by atoms with Crippen molar-refractivity contribution in [3.63, 3.8) is 0 Å². The zero-order valence-electron chi connectivity index (χ0n) is 13.9. The molecule has 120 valence electrons. The van der Waals surface area contributed by atoms with Gasteiger partial charge in [0.2, 0.25) is 0 Å². The van der Waals surface area contributed by atoms with E-state index in [4.69, 9.17) is 13.9 Å². The summed E-state index contributed by atoms with van der Waals surface area (Å²) >= 11 is 0. The molecule has 0 aromatic carbocycles. The van der Waals surface area contributed by atoms with Gasteiger partial charge in [0.25, 0.3) is 0 Å². The summed E-state index contributed by atoms with van der Waals surface area (Å²) in [6, 6.07) is 3.32. The molecular weight excluding hydrogens is 272 g/mol. The van der Waals surface area contributed by atoms with Crippen LogP contribution in [-0.2, 0) is 18.7 Å². The second-order valence-electron chi connectivity index (χ2n) is 5.58. The molecule has 0 radical (unpaired) electrons. The molecule has 0 saturated heterocycles. The molecule has 5 heteroatoms. The molecule has 0 N–H and O–H groups in total. The summed E-state index contributed by atoms with van der Waals surface area (Å²) in [6.07, 6.45) is 3.18. The lowest BCUT2D eigenvalue weighted by Gasteiger charge is -2.39. The Labute approximate surface area is 125 Å². The van der Waals surface area contributed by atoms with Gasteiger partial charge in [0, 0.05) is 20.1 Å². The third-order valence-electron chi connectivity index (χ3n) is 4.11. The number of rotatable bonds is 13. The normalized spacial score (nSPS) is 15.1. The van der Waals surface area contributed by atoms with Crippen molar-refractivity contribution < 1.29 is 18.7 Å². The third-order valence-corrected chi connectivity index (χ3v) is 8.90. The molecule has 4 nitrogen and oxygen atoms in total. The Morgan fingerprint density at radius 1 is 1.15 bits per heavy atom. The first-order valence-electron chi connectivity index (χ1n) is 7.72. The van der Waals surface area contributed by atoms with E-state index in [1.165, 1.54) is 0 Å². The van der Waals surface area contributed by atoms with Crippen molar-refractivity contribution >= 4 is 14.6 Å². The minimum atomic E-state index is -1.69. The summed E-state index contributed by atoms with van der Waals surface area (Å²) in [7, 11) is -0.0754. The van der Waals surface area contributed by atoms with Gasteiger partial charge in [0.15, 0.2) is 8.32 Å². The highest BCUT2D eigenvalue weighted by Gasteiger charge is 2.37. The van der Waals surface area contributed by atoms with Gasteiger partial charge >= 0.3 is 0 Å². The van der Waals surface area contributed by atoms with Crippen molar-refractivity contribution in [3.05, 3.63) is 0 Å². The molecule has 0 aliphatic rings. The van der Waals surface area contributed by atoms with Crippen molar-refractivity contribution in [1.29, 1.82) is 0 Å². The topological polar surface area (TPSA) is 44.8 Å². The summed E-state index contributed by atoms with van der Waals surface area (Å²) < 4.78 is 16.7. The van der Waals surface area contributed by atoms with Gasteiger partial charge in [0.1, 0.15) is 13.1 Å². The van der Waals surface area contributed by atoms with Crippen molar-refractivity contribution in [2.45, 2.75) is 70.7 Å². The fourth-order valence-corrected chi connectivity index (χ4v) is 5.71. The van der Waals surface area contributed by atoms with Crippen LogP contribution < -0.4 is 0 Å². The molecule has 0 aliphatic heterocycles. The molecule has 0 rings (SSSR count). The van der Waals surface area contributed by atoms with Gasteiger partial charge < -0.3 is 18.7 Å². The smallest absolute Gasteiger partial charge is 0.192 e. The van der Waals surface area contributed by atoms with Crippen molar-refractivity contribution in [2.24, 2.45) is 0 Å². The largest absolute Gasteiger partial charge is 0.411 e. The number of hydrogen-bond donors (Lipinski definition) is 0. The van der Waals surface area contributed by atoms with Crippen LogP contribution in [0, 0.1) is 0 Å². The van der Waals surface area contributed by atoms with Gasteiger partial charge in [0.05, 0.1) is 5.60 Å². The van der Waals surface area contributed by atoms with Crippen LogP contribution in [-0.4, -0.2) is 40.7 Å². The Hall–Kier alpha value is -0.233. The Morgan fingerprint density at radius 2 is 1.75 bits per heavy atom. The van der Waals surface area contributed by atoms with Gasteiger partial charge in [-0.2, -0.15) is 0 Å². The van der Waals surface area contributed by atoms with Crippen LogP contribution in [0.3, 0.4) is 0 Å². The van der Waals surface area contributed by atoms with Gasteiger partial charge in [-0.1, -0.05) is 20.8 Å². The minimum Gasteiger partial charge on any atom is -0.411 e. The van der Waals surface area contributed by atoms with Crippen molar-refractivity contribution in [2.75, 3.05) is 20.5 Å². The summed E-state index contributed by atoms with van der Waals surface area (Å²) in [5, 5.41) is 0. The zero-order valence-corrected chi connectivity index (χ0v) is 14.9. The van der Waals surface area contributed by atoms with Gasteiger partial charge in [-0.05, 0) is 37.9 Å². The molecule has 0 heterocycles. The highest BCUT2D eigenvalue weighted by Crippen LogP contribution is 2.32. The lowest BCUT2D eigenvalue weighted by Crippen LogP contribution is -2.46. The lowest BCUT2D eigenvalue weighted by atomic mass is 9.97. The molecule has 0 saturated carbocycles. The quantitative estimate of drug-likeness (QED) is 0.225. The van der Waals surface area contributed by atoms with Crippen molar-refractivity contribution in [1.82, 2.24) is 0 Å². The van der Waals surface area contributed by atoms with Gasteiger partial charge in [-0.15, -0.1) is 0 Å². The Morgan fingerprint density at radius 3 is 2.20 bits per heavy atom. The molecule has 0 amide bonds. The Balaban J connectivity index is 4.53. The van der Waals surface area contributed by atoms with Crippen LogP contribution >= 0.6 is 0 Å². The standard InChI is InChI=1S/C15H32O4Si/c1-6-20(7-2,8-3)19-15(4,11-12-16)10-9-13-18-14-17-5/h12H,6-11,13-14H2,1-5H3/t15-/m1/s1. The number of carbonyl (C=O) groups is 1. The van der Waals surface area contributed by atoms with E-state index in [-0.39, 0.29) is 5.60 Å². The SMILES string of the molecule is CC[Si](CC)(CC)O[C@@](C)(CC=O)CCCOCOC. The van der Waals surface area contributed by atoms with E-state index in [0.29, 0.717) is 19.8 Å². The number of carbonyl (C=O) groups excluding carboxylic acids is 1. The maximum atomic E-state index is 11.0.